The molecule has 1 amide bonds. The Bertz CT molecular complexity index is 1280. The van der Waals surface area contributed by atoms with E-state index in [1.54, 1.807) is 24.3 Å². The van der Waals surface area contributed by atoms with Crippen LogP contribution in [0, 0.1) is 0 Å². The maximum Gasteiger partial charge on any atom is 0.296 e. The number of carbonyl (C=O) groups is 2. The van der Waals surface area contributed by atoms with E-state index in [0.29, 0.717) is 35.7 Å². The second kappa shape index (κ2) is 9.33. The molecule has 1 saturated heterocycles. The average Bonchev–Trinajstić information content (AvgIpc) is 3.57. The Kier molecular flexibility index (Phi) is 6.07. The molecule has 0 aliphatic carbocycles. The van der Waals surface area contributed by atoms with E-state index in [-0.39, 0.29) is 24.0 Å². The van der Waals surface area contributed by atoms with E-state index in [2.05, 4.69) is 0 Å². The number of nitrogens with zero attached hydrogens (tertiary/aromatic N) is 1. The van der Waals surface area contributed by atoms with Crippen LogP contribution in [-0.2, 0) is 22.6 Å². The number of likely N-dealkylation sites (tertiary alicyclic amines) is 1. The number of furan rings is 1. The van der Waals surface area contributed by atoms with Gasteiger partial charge < -0.3 is 23.9 Å². The van der Waals surface area contributed by atoms with E-state index in [0.717, 1.165) is 17.7 Å². The fourth-order valence-corrected chi connectivity index (χ4v) is 4.65. The lowest BCUT2D eigenvalue weighted by Crippen LogP contribution is -2.29. The molecule has 0 unspecified atom stereocenters. The number of rotatable bonds is 7. The van der Waals surface area contributed by atoms with Gasteiger partial charge in [0.1, 0.15) is 29.1 Å². The molecule has 0 bridgehead atoms. The normalized spacial score (nSPS) is 20.7. The van der Waals surface area contributed by atoms with Crippen LogP contribution >= 0.6 is 0 Å². The molecule has 2 aliphatic heterocycles. The molecule has 3 heterocycles. The van der Waals surface area contributed by atoms with Gasteiger partial charge in [-0.2, -0.15) is 0 Å². The summed E-state index contributed by atoms with van der Waals surface area (Å²) in [7, 11) is 0. The third-order valence-electron chi connectivity index (χ3n) is 6.28. The number of benzene rings is 2. The number of amides is 1. The van der Waals surface area contributed by atoms with Crippen molar-refractivity contribution in [3.8, 4) is 11.5 Å². The van der Waals surface area contributed by atoms with Crippen LogP contribution in [-0.4, -0.2) is 34.4 Å². The van der Waals surface area contributed by atoms with Gasteiger partial charge in [-0.15, -0.1) is 0 Å². The first-order chi connectivity index (χ1) is 17.0. The molecule has 5 rings (SSSR count). The summed E-state index contributed by atoms with van der Waals surface area (Å²) in [5.41, 5.74) is 2.18. The third kappa shape index (κ3) is 4.30. The van der Waals surface area contributed by atoms with Crippen molar-refractivity contribution in [3.05, 3.63) is 88.9 Å². The van der Waals surface area contributed by atoms with Gasteiger partial charge in [0, 0.05) is 12.0 Å². The predicted molar refractivity (Wildman–Crippen MR) is 129 cm³/mol. The minimum Gasteiger partial charge on any atom is -0.507 e. The molecule has 7 heteroatoms. The number of fused-ring (bicyclic) bond motifs is 1. The average molecular weight is 474 g/mol. The third-order valence-corrected chi connectivity index (χ3v) is 6.28. The van der Waals surface area contributed by atoms with Crippen LogP contribution in [0.25, 0.3) is 5.76 Å². The molecule has 0 saturated carbocycles. The monoisotopic (exact) mass is 473 g/mol. The molecule has 0 radical (unpaired) electrons. The Morgan fingerprint density at radius 3 is 2.66 bits per heavy atom. The standard InChI is InChI=1S/C28H27NO6/c1-3-12-33-21-9-6-18(7-10-21)25-24(27(31)28(32)29(25)16-22-5-4-13-34-22)26(30)19-8-11-23-20(15-19)14-17(2)35-23/h4-11,13,15,17,25,30H,3,12,14,16H2,1-2H3/t17-,25-/m1/s1. The van der Waals surface area contributed by atoms with Crippen LogP contribution in [0.2, 0.25) is 0 Å². The number of ether oxygens (including phenoxy) is 2. The molecule has 3 aromatic rings. The molecule has 2 aromatic carbocycles. The lowest BCUT2D eigenvalue weighted by Gasteiger charge is -2.24. The van der Waals surface area contributed by atoms with E-state index in [1.807, 2.05) is 44.2 Å². The first-order valence-electron chi connectivity index (χ1n) is 11.8. The van der Waals surface area contributed by atoms with Gasteiger partial charge in [0.25, 0.3) is 11.7 Å². The Balaban J connectivity index is 1.58. The van der Waals surface area contributed by atoms with E-state index in [1.165, 1.54) is 11.2 Å². The van der Waals surface area contributed by atoms with E-state index >= 15 is 0 Å². The number of hydrogen-bond donors (Lipinski definition) is 1. The van der Waals surface area contributed by atoms with Crippen molar-refractivity contribution >= 4 is 17.4 Å². The molecule has 2 aliphatic rings. The molecule has 35 heavy (non-hydrogen) atoms. The van der Waals surface area contributed by atoms with Gasteiger partial charge >= 0.3 is 0 Å². The Morgan fingerprint density at radius 2 is 1.94 bits per heavy atom. The van der Waals surface area contributed by atoms with E-state index in [4.69, 9.17) is 13.9 Å². The summed E-state index contributed by atoms with van der Waals surface area (Å²) in [6.45, 7) is 4.70. The van der Waals surface area contributed by atoms with Crippen molar-refractivity contribution in [3.63, 3.8) is 0 Å². The number of carbonyl (C=O) groups excluding carboxylic acids is 2. The van der Waals surface area contributed by atoms with Crippen molar-refractivity contribution in [2.45, 2.75) is 45.4 Å². The van der Waals surface area contributed by atoms with Gasteiger partial charge in [-0.25, -0.2) is 0 Å². The van der Waals surface area contributed by atoms with Crippen LogP contribution in [0.4, 0.5) is 0 Å². The SMILES string of the molecule is CCCOc1ccc([C@@H]2C(=C(O)c3ccc4c(c3)C[C@@H](C)O4)C(=O)C(=O)N2Cc2ccco2)cc1. The summed E-state index contributed by atoms with van der Waals surface area (Å²) >= 11 is 0. The smallest absolute Gasteiger partial charge is 0.296 e. The van der Waals surface area contributed by atoms with Gasteiger partial charge in [-0.1, -0.05) is 19.1 Å². The molecule has 1 N–H and O–H groups in total. The highest BCUT2D eigenvalue weighted by molar-refractivity contribution is 6.46. The zero-order valence-electron chi connectivity index (χ0n) is 19.7. The second-order valence-corrected chi connectivity index (χ2v) is 8.88. The predicted octanol–water partition coefficient (Wildman–Crippen LogP) is 5.01. The topological polar surface area (TPSA) is 89.2 Å². The van der Waals surface area contributed by atoms with Crippen LogP contribution in [0.3, 0.4) is 0 Å². The van der Waals surface area contributed by atoms with Crippen LogP contribution in [0.1, 0.15) is 48.8 Å². The number of hydrogen-bond acceptors (Lipinski definition) is 6. The number of ketones is 1. The molecule has 1 fully saturated rings. The van der Waals surface area contributed by atoms with Crippen molar-refractivity contribution in [1.82, 2.24) is 4.90 Å². The highest BCUT2D eigenvalue weighted by Crippen LogP contribution is 2.41. The van der Waals surface area contributed by atoms with Crippen molar-refractivity contribution in [1.29, 1.82) is 0 Å². The molecule has 1 aromatic heterocycles. The summed E-state index contributed by atoms with van der Waals surface area (Å²) in [6.07, 6.45) is 3.17. The zero-order chi connectivity index (χ0) is 24.5. The molecule has 7 nitrogen and oxygen atoms in total. The Hall–Kier alpha value is -4.00. The maximum absolute atomic E-state index is 13.2. The summed E-state index contributed by atoms with van der Waals surface area (Å²) in [4.78, 5) is 27.8. The van der Waals surface area contributed by atoms with Gasteiger partial charge in [-0.3, -0.25) is 9.59 Å². The second-order valence-electron chi connectivity index (χ2n) is 8.88. The summed E-state index contributed by atoms with van der Waals surface area (Å²) < 4.78 is 16.9. The minimum absolute atomic E-state index is 0.0507. The maximum atomic E-state index is 13.2. The van der Waals surface area contributed by atoms with Gasteiger partial charge in [0.05, 0.1) is 31.0 Å². The lowest BCUT2D eigenvalue weighted by atomic mass is 9.94. The first-order valence-corrected chi connectivity index (χ1v) is 11.8. The van der Waals surface area contributed by atoms with E-state index in [9.17, 15) is 14.7 Å². The van der Waals surface area contributed by atoms with Gasteiger partial charge in [0.2, 0.25) is 0 Å². The fourth-order valence-electron chi connectivity index (χ4n) is 4.65. The molecule has 0 spiro atoms. The highest BCUT2D eigenvalue weighted by Gasteiger charge is 2.46. The van der Waals surface area contributed by atoms with Gasteiger partial charge in [0.15, 0.2) is 0 Å². The molecule has 180 valence electrons. The molecule has 2 atom stereocenters. The number of aliphatic hydroxyl groups is 1. The highest BCUT2D eigenvalue weighted by atomic mass is 16.5. The van der Waals surface area contributed by atoms with E-state index < -0.39 is 17.7 Å². The Labute approximate surface area is 203 Å². The fraction of sp³-hybridized carbons (Fsp3) is 0.286. The zero-order valence-corrected chi connectivity index (χ0v) is 19.7. The Morgan fingerprint density at radius 1 is 1.14 bits per heavy atom. The number of Topliss-reactive ketones (excluding diaryl/α,β-unsaturated/α-hetero) is 1. The first kappa shape index (κ1) is 22.8. The van der Waals surface area contributed by atoms with Crippen LogP contribution in [0.15, 0.2) is 70.9 Å². The molecular formula is C28H27NO6. The quantitative estimate of drug-likeness (QED) is 0.295. The summed E-state index contributed by atoms with van der Waals surface area (Å²) in [5.74, 6) is 0.401. The summed E-state index contributed by atoms with van der Waals surface area (Å²) in [5, 5.41) is 11.3. The minimum atomic E-state index is -0.774. The van der Waals surface area contributed by atoms with Crippen LogP contribution < -0.4 is 9.47 Å². The van der Waals surface area contributed by atoms with Crippen molar-refractivity contribution in [2.75, 3.05) is 6.61 Å². The van der Waals surface area contributed by atoms with Crippen molar-refractivity contribution < 1.29 is 28.6 Å². The van der Waals surface area contributed by atoms with Gasteiger partial charge in [-0.05, 0) is 66.9 Å². The number of aliphatic hydroxyl groups excluding tert-OH is 1. The van der Waals surface area contributed by atoms with Crippen molar-refractivity contribution in [2.24, 2.45) is 0 Å². The summed E-state index contributed by atoms with van der Waals surface area (Å²) in [6, 6.07) is 15.3. The largest absolute Gasteiger partial charge is 0.507 e. The van der Waals surface area contributed by atoms with Crippen LogP contribution in [0.5, 0.6) is 11.5 Å². The molecular weight excluding hydrogens is 446 g/mol. The lowest BCUT2D eigenvalue weighted by molar-refractivity contribution is -0.140.